The highest BCUT2D eigenvalue weighted by atomic mass is 32.2. The van der Waals surface area contributed by atoms with Crippen LogP contribution in [-0.4, -0.2) is 46.0 Å². The van der Waals surface area contributed by atoms with Crippen molar-refractivity contribution in [3.63, 3.8) is 0 Å². The zero-order valence-electron chi connectivity index (χ0n) is 16.2. The zero-order valence-corrected chi connectivity index (χ0v) is 17.0. The SMILES string of the molecule is CCNS(=O)(=O)c1cccc(C(=O)N(C)CCOc2cc(C)cc(C)c2)c1. The third kappa shape index (κ3) is 5.80. The van der Waals surface area contributed by atoms with Gasteiger partial charge in [0.25, 0.3) is 5.91 Å². The number of nitrogens with zero attached hydrogens (tertiary/aromatic N) is 1. The molecule has 0 spiro atoms. The van der Waals surface area contributed by atoms with Gasteiger partial charge in [-0.2, -0.15) is 0 Å². The lowest BCUT2D eigenvalue weighted by Crippen LogP contribution is -2.31. The maximum Gasteiger partial charge on any atom is 0.253 e. The van der Waals surface area contributed by atoms with Gasteiger partial charge in [0.1, 0.15) is 12.4 Å². The van der Waals surface area contributed by atoms with E-state index in [9.17, 15) is 13.2 Å². The van der Waals surface area contributed by atoms with Gasteiger partial charge >= 0.3 is 0 Å². The number of sulfonamides is 1. The number of nitrogens with one attached hydrogen (secondary N) is 1. The standard InChI is InChI=1S/C20H26N2O4S/c1-5-21-27(24,25)19-8-6-7-17(14-19)20(23)22(4)9-10-26-18-12-15(2)11-16(3)13-18/h6-8,11-14,21H,5,9-10H2,1-4H3. The second kappa shape index (κ2) is 9.01. The average Bonchev–Trinajstić information content (AvgIpc) is 2.60. The molecule has 6 nitrogen and oxygen atoms in total. The Morgan fingerprint density at radius 2 is 1.78 bits per heavy atom. The van der Waals surface area contributed by atoms with Crippen molar-refractivity contribution < 1.29 is 17.9 Å². The highest BCUT2D eigenvalue weighted by Gasteiger charge is 2.17. The molecule has 0 radical (unpaired) electrons. The minimum atomic E-state index is -3.60. The van der Waals surface area contributed by atoms with Crippen molar-refractivity contribution in [1.29, 1.82) is 0 Å². The van der Waals surface area contributed by atoms with Crippen LogP contribution in [0.1, 0.15) is 28.4 Å². The van der Waals surface area contributed by atoms with Crippen LogP contribution in [-0.2, 0) is 10.0 Å². The first-order valence-electron chi connectivity index (χ1n) is 8.79. The van der Waals surface area contributed by atoms with Crippen molar-refractivity contribution >= 4 is 15.9 Å². The van der Waals surface area contributed by atoms with Crippen LogP contribution < -0.4 is 9.46 Å². The van der Waals surface area contributed by atoms with Crippen LogP contribution in [0.2, 0.25) is 0 Å². The zero-order chi connectivity index (χ0) is 20.0. The summed E-state index contributed by atoms with van der Waals surface area (Å²) in [5, 5.41) is 0. The van der Waals surface area contributed by atoms with Crippen LogP contribution >= 0.6 is 0 Å². The van der Waals surface area contributed by atoms with Crippen molar-refractivity contribution in [2.75, 3.05) is 26.7 Å². The van der Waals surface area contributed by atoms with Gasteiger partial charge in [0.05, 0.1) is 11.4 Å². The average molecular weight is 391 g/mol. The predicted octanol–water partition coefficient (Wildman–Crippen LogP) is 2.75. The number of ether oxygens (including phenoxy) is 1. The molecule has 0 unspecified atom stereocenters. The van der Waals surface area contributed by atoms with Gasteiger partial charge < -0.3 is 9.64 Å². The molecule has 0 aromatic heterocycles. The van der Waals surface area contributed by atoms with Crippen molar-refractivity contribution in [3.8, 4) is 5.75 Å². The summed E-state index contributed by atoms with van der Waals surface area (Å²) in [6, 6.07) is 12.0. The Balaban J connectivity index is 2.00. The topological polar surface area (TPSA) is 75.7 Å². The lowest BCUT2D eigenvalue weighted by atomic mass is 10.1. The predicted molar refractivity (Wildman–Crippen MR) is 106 cm³/mol. The summed E-state index contributed by atoms with van der Waals surface area (Å²) in [5.41, 5.74) is 2.56. The molecule has 7 heteroatoms. The molecule has 1 amide bonds. The fourth-order valence-corrected chi connectivity index (χ4v) is 3.79. The minimum Gasteiger partial charge on any atom is -0.492 e. The van der Waals surface area contributed by atoms with Crippen molar-refractivity contribution in [2.24, 2.45) is 0 Å². The number of benzene rings is 2. The number of aryl methyl sites for hydroxylation is 2. The normalized spacial score (nSPS) is 11.3. The number of carbonyl (C=O) groups excluding carboxylic acids is 1. The van der Waals surface area contributed by atoms with E-state index in [2.05, 4.69) is 10.8 Å². The van der Waals surface area contributed by atoms with Crippen molar-refractivity contribution in [2.45, 2.75) is 25.7 Å². The molecule has 0 aliphatic carbocycles. The van der Waals surface area contributed by atoms with Crippen LogP contribution in [0.25, 0.3) is 0 Å². The molecule has 0 saturated carbocycles. The summed E-state index contributed by atoms with van der Waals surface area (Å²) < 4.78 is 32.4. The second-order valence-corrected chi connectivity index (χ2v) is 8.19. The van der Waals surface area contributed by atoms with Gasteiger partial charge in [0.2, 0.25) is 10.0 Å². The first-order valence-corrected chi connectivity index (χ1v) is 10.3. The van der Waals surface area contributed by atoms with E-state index in [1.807, 2.05) is 26.0 Å². The van der Waals surface area contributed by atoms with E-state index in [1.165, 1.54) is 17.0 Å². The lowest BCUT2D eigenvalue weighted by molar-refractivity contribution is 0.0773. The summed E-state index contributed by atoms with van der Waals surface area (Å²) in [7, 11) is -1.93. The molecule has 1 N–H and O–H groups in total. The third-order valence-corrected chi connectivity index (χ3v) is 5.51. The molecule has 0 aliphatic heterocycles. The molecule has 0 saturated heterocycles. The van der Waals surface area contributed by atoms with Gasteiger partial charge in [-0.25, -0.2) is 13.1 Å². The molecule has 27 heavy (non-hydrogen) atoms. The summed E-state index contributed by atoms with van der Waals surface area (Å²) in [4.78, 5) is 14.2. The van der Waals surface area contributed by atoms with E-state index < -0.39 is 10.0 Å². The fraction of sp³-hybridized carbons (Fsp3) is 0.350. The summed E-state index contributed by atoms with van der Waals surface area (Å²) in [6.07, 6.45) is 0. The fourth-order valence-electron chi connectivity index (χ4n) is 2.71. The molecule has 146 valence electrons. The highest BCUT2D eigenvalue weighted by Crippen LogP contribution is 2.16. The van der Waals surface area contributed by atoms with E-state index in [-0.39, 0.29) is 17.3 Å². The summed E-state index contributed by atoms with van der Waals surface area (Å²) in [5.74, 6) is 0.514. The third-order valence-electron chi connectivity index (χ3n) is 3.96. The van der Waals surface area contributed by atoms with E-state index in [0.29, 0.717) is 18.7 Å². The van der Waals surface area contributed by atoms with E-state index in [1.54, 1.807) is 26.1 Å². The molecule has 2 rings (SSSR count). The van der Waals surface area contributed by atoms with Crippen LogP contribution in [0.5, 0.6) is 5.75 Å². The van der Waals surface area contributed by atoms with Crippen LogP contribution in [0.4, 0.5) is 0 Å². The maximum atomic E-state index is 12.6. The molecular formula is C20H26N2O4S. The molecule has 2 aromatic carbocycles. The van der Waals surface area contributed by atoms with E-state index in [0.717, 1.165) is 16.9 Å². The minimum absolute atomic E-state index is 0.0788. The largest absolute Gasteiger partial charge is 0.492 e. The lowest BCUT2D eigenvalue weighted by Gasteiger charge is -2.18. The number of carbonyl (C=O) groups is 1. The smallest absolute Gasteiger partial charge is 0.253 e. The van der Waals surface area contributed by atoms with E-state index in [4.69, 9.17) is 4.74 Å². The summed E-state index contributed by atoms with van der Waals surface area (Å²) >= 11 is 0. The number of likely N-dealkylation sites (N-methyl/N-ethyl adjacent to an activating group) is 1. The Bertz CT molecular complexity index is 890. The van der Waals surface area contributed by atoms with E-state index >= 15 is 0 Å². The quantitative estimate of drug-likeness (QED) is 0.752. The molecule has 0 bridgehead atoms. The Morgan fingerprint density at radius 3 is 2.41 bits per heavy atom. The first-order chi connectivity index (χ1) is 12.7. The molecule has 0 fully saturated rings. The number of hydrogen-bond acceptors (Lipinski definition) is 4. The number of amides is 1. The van der Waals surface area contributed by atoms with Crippen LogP contribution in [0.3, 0.4) is 0 Å². The molecule has 0 atom stereocenters. The summed E-state index contributed by atoms with van der Waals surface area (Å²) in [6.45, 7) is 6.73. The van der Waals surface area contributed by atoms with Gasteiger partial charge in [-0.3, -0.25) is 4.79 Å². The number of rotatable bonds is 8. The van der Waals surface area contributed by atoms with Gasteiger partial charge in [-0.1, -0.05) is 19.1 Å². The van der Waals surface area contributed by atoms with Gasteiger partial charge in [0.15, 0.2) is 0 Å². The second-order valence-electron chi connectivity index (χ2n) is 6.43. The molecule has 2 aromatic rings. The van der Waals surface area contributed by atoms with Gasteiger partial charge in [0, 0.05) is 19.2 Å². The molecule has 0 heterocycles. The first kappa shape index (κ1) is 20.9. The number of hydrogen-bond donors (Lipinski definition) is 1. The Hall–Kier alpha value is -2.38. The van der Waals surface area contributed by atoms with Crippen molar-refractivity contribution in [3.05, 3.63) is 59.2 Å². The van der Waals surface area contributed by atoms with Crippen molar-refractivity contribution in [1.82, 2.24) is 9.62 Å². The Kier molecular flexibility index (Phi) is 6.98. The van der Waals surface area contributed by atoms with Crippen LogP contribution in [0, 0.1) is 13.8 Å². The molecule has 0 aliphatic rings. The van der Waals surface area contributed by atoms with Gasteiger partial charge in [-0.05, 0) is 55.3 Å². The monoisotopic (exact) mass is 390 g/mol. The Morgan fingerprint density at radius 1 is 1.11 bits per heavy atom. The van der Waals surface area contributed by atoms with Gasteiger partial charge in [-0.15, -0.1) is 0 Å². The van der Waals surface area contributed by atoms with Crippen LogP contribution in [0.15, 0.2) is 47.4 Å². The highest BCUT2D eigenvalue weighted by molar-refractivity contribution is 7.89. The molecular weight excluding hydrogens is 364 g/mol. The maximum absolute atomic E-state index is 12.6. The Labute approximate surface area is 161 Å².